The maximum Gasteiger partial charge on any atom is 0.0193 e. The molecule has 5 heavy (non-hydrogen) atoms. The molecule has 2 atom stereocenters. The molecular formula is C4H9N. The van der Waals surface area contributed by atoms with Crippen LogP contribution in [0.1, 0.15) is 13.8 Å². The summed E-state index contributed by atoms with van der Waals surface area (Å²) in [6.45, 7) is 4.37. The molecule has 0 saturated carbocycles. The Morgan fingerprint density at radius 2 is 1.40 bits per heavy atom. The average molecular weight is 71.1 g/mol. The first-order valence-electron chi connectivity index (χ1n) is 2.07. The second-order valence-electron chi connectivity index (χ2n) is 1.74. The summed E-state index contributed by atoms with van der Waals surface area (Å²) in [4.78, 5) is 0. The summed E-state index contributed by atoms with van der Waals surface area (Å²) in [5.41, 5.74) is 0. The molecule has 0 aliphatic carbocycles. The van der Waals surface area contributed by atoms with Crippen LogP contribution >= 0.6 is 0 Å². The topological polar surface area (TPSA) is 21.9 Å². The minimum atomic E-state index is 0.801. The summed E-state index contributed by atoms with van der Waals surface area (Å²) in [6.07, 6.45) is 0. The van der Waals surface area contributed by atoms with Gasteiger partial charge >= 0.3 is 0 Å². The van der Waals surface area contributed by atoms with Crippen LogP contribution in [0.4, 0.5) is 0 Å². The Kier molecular flexibility index (Phi) is 0.453. The zero-order chi connectivity index (χ0) is 3.86. The van der Waals surface area contributed by atoms with Crippen molar-refractivity contribution < 1.29 is 0 Å². The first-order chi connectivity index (χ1) is 2.30. The van der Waals surface area contributed by atoms with E-state index in [9.17, 15) is 0 Å². The average Bonchev–Trinajstić information content (AvgIpc) is 1.79. The number of hydrogen-bond donors (Lipinski definition) is 1. The Morgan fingerprint density at radius 3 is 1.40 bits per heavy atom. The molecule has 0 radical (unpaired) electrons. The Balaban J connectivity index is 2.20. The van der Waals surface area contributed by atoms with Gasteiger partial charge in [-0.25, -0.2) is 0 Å². The van der Waals surface area contributed by atoms with Gasteiger partial charge in [0.1, 0.15) is 0 Å². The van der Waals surface area contributed by atoms with Crippen LogP contribution in [-0.4, -0.2) is 12.1 Å². The fourth-order valence-corrected chi connectivity index (χ4v) is 0.359. The molecule has 1 heterocycles. The SMILES string of the molecule is C[C@@H]1N[C@H]1C. The molecule has 0 unspecified atom stereocenters. The van der Waals surface area contributed by atoms with Gasteiger partial charge in [0.25, 0.3) is 0 Å². The van der Waals surface area contributed by atoms with Crippen LogP contribution in [0.25, 0.3) is 0 Å². The second-order valence-corrected chi connectivity index (χ2v) is 1.74. The molecule has 0 aromatic carbocycles. The molecule has 1 saturated heterocycles. The normalized spacial score (nSPS) is 49.2. The minimum Gasteiger partial charge on any atom is -0.309 e. The lowest BCUT2D eigenvalue weighted by molar-refractivity contribution is 1.05. The van der Waals surface area contributed by atoms with Crippen LogP contribution in [0.3, 0.4) is 0 Å². The molecular weight excluding hydrogens is 62.1 g/mol. The van der Waals surface area contributed by atoms with E-state index in [0.29, 0.717) is 0 Å². The second kappa shape index (κ2) is 0.716. The van der Waals surface area contributed by atoms with Gasteiger partial charge in [0.2, 0.25) is 0 Å². The van der Waals surface area contributed by atoms with Gasteiger partial charge in [0.15, 0.2) is 0 Å². The van der Waals surface area contributed by atoms with Gasteiger partial charge < -0.3 is 5.32 Å². The van der Waals surface area contributed by atoms with Gasteiger partial charge in [0.05, 0.1) is 0 Å². The molecule has 1 N–H and O–H groups in total. The Hall–Kier alpha value is -0.0400. The van der Waals surface area contributed by atoms with E-state index < -0.39 is 0 Å². The maximum absolute atomic E-state index is 3.19. The van der Waals surface area contributed by atoms with E-state index in [1.807, 2.05) is 0 Å². The van der Waals surface area contributed by atoms with E-state index in [1.165, 1.54) is 0 Å². The van der Waals surface area contributed by atoms with E-state index in [0.717, 1.165) is 12.1 Å². The van der Waals surface area contributed by atoms with Crippen LogP contribution in [0.5, 0.6) is 0 Å². The summed E-state index contributed by atoms with van der Waals surface area (Å²) in [7, 11) is 0. The van der Waals surface area contributed by atoms with E-state index >= 15 is 0 Å². The maximum atomic E-state index is 3.19. The number of rotatable bonds is 0. The van der Waals surface area contributed by atoms with Crippen molar-refractivity contribution in [3.8, 4) is 0 Å². The first-order valence-corrected chi connectivity index (χ1v) is 2.07. The van der Waals surface area contributed by atoms with Gasteiger partial charge in [-0.05, 0) is 13.8 Å². The summed E-state index contributed by atoms with van der Waals surface area (Å²) in [5.74, 6) is 0. The smallest absolute Gasteiger partial charge is 0.0193 e. The monoisotopic (exact) mass is 71.1 g/mol. The van der Waals surface area contributed by atoms with Crippen molar-refractivity contribution in [2.45, 2.75) is 25.9 Å². The van der Waals surface area contributed by atoms with Crippen molar-refractivity contribution in [2.75, 3.05) is 0 Å². The van der Waals surface area contributed by atoms with E-state index in [-0.39, 0.29) is 0 Å². The number of nitrogens with one attached hydrogen (secondary N) is 1. The largest absolute Gasteiger partial charge is 0.309 e. The molecule has 1 nitrogen and oxygen atoms in total. The van der Waals surface area contributed by atoms with Crippen molar-refractivity contribution in [3.05, 3.63) is 0 Å². The van der Waals surface area contributed by atoms with Gasteiger partial charge in [0, 0.05) is 12.1 Å². The van der Waals surface area contributed by atoms with Crippen LogP contribution in [0.15, 0.2) is 0 Å². The van der Waals surface area contributed by atoms with Crippen molar-refractivity contribution in [1.82, 2.24) is 5.32 Å². The minimum absolute atomic E-state index is 0.801. The lowest BCUT2D eigenvalue weighted by Gasteiger charge is -1.62. The third kappa shape index (κ3) is 0.428. The lowest BCUT2D eigenvalue weighted by Crippen LogP contribution is -1.74. The van der Waals surface area contributed by atoms with Crippen LogP contribution in [-0.2, 0) is 0 Å². The van der Waals surface area contributed by atoms with Crippen LogP contribution in [0, 0.1) is 0 Å². The molecule has 30 valence electrons. The van der Waals surface area contributed by atoms with Crippen molar-refractivity contribution in [3.63, 3.8) is 0 Å². The van der Waals surface area contributed by atoms with Crippen LogP contribution < -0.4 is 5.32 Å². The highest BCUT2D eigenvalue weighted by Gasteiger charge is 2.24. The van der Waals surface area contributed by atoms with E-state index in [4.69, 9.17) is 0 Å². The van der Waals surface area contributed by atoms with Crippen molar-refractivity contribution in [1.29, 1.82) is 0 Å². The Labute approximate surface area is 32.4 Å². The lowest BCUT2D eigenvalue weighted by atomic mass is 10.4. The zero-order valence-electron chi connectivity index (χ0n) is 3.65. The highest BCUT2D eigenvalue weighted by molar-refractivity contribution is 4.89. The molecule has 1 fully saturated rings. The Morgan fingerprint density at radius 1 is 1.20 bits per heavy atom. The molecule has 0 amide bonds. The van der Waals surface area contributed by atoms with E-state index in [2.05, 4.69) is 19.2 Å². The van der Waals surface area contributed by atoms with Gasteiger partial charge in [-0.2, -0.15) is 0 Å². The van der Waals surface area contributed by atoms with Gasteiger partial charge in [-0.15, -0.1) is 0 Å². The van der Waals surface area contributed by atoms with Gasteiger partial charge in [-0.1, -0.05) is 0 Å². The highest BCUT2D eigenvalue weighted by Crippen LogP contribution is 2.05. The quantitative estimate of drug-likeness (QED) is 0.409. The molecule has 1 heteroatoms. The summed E-state index contributed by atoms with van der Waals surface area (Å²) in [5, 5.41) is 3.19. The molecule has 0 spiro atoms. The standard InChI is InChI=1S/C4H9N/c1-3-4(2)5-3/h3-5H,1-2H3/t3-,4-/m0/s1. The molecule has 1 aliphatic heterocycles. The third-order valence-corrected chi connectivity index (χ3v) is 1.17. The van der Waals surface area contributed by atoms with E-state index in [1.54, 1.807) is 0 Å². The molecule has 0 aromatic rings. The fourth-order valence-electron chi connectivity index (χ4n) is 0.359. The molecule has 0 aromatic heterocycles. The third-order valence-electron chi connectivity index (χ3n) is 1.17. The zero-order valence-corrected chi connectivity index (χ0v) is 3.65. The molecule has 0 bridgehead atoms. The highest BCUT2D eigenvalue weighted by atomic mass is 15.1. The summed E-state index contributed by atoms with van der Waals surface area (Å²) in [6, 6.07) is 1.60. The fraction of sp³-hybridized carbons (Fsp3) is 1.00. The van der Waals surface area contributed by atoms with Crippen LogP contribution in [0.2, 0.25) is 0 Å². The van der Waals surface area contributed by atoms with Gasteiger partial charge in [-0.3, -0.25) is 0 Å². The predicted molar refractivity (Wildman–Crippen MR) is 22.1 cm³/mol. The first kappa shape index (κ1) is 3.16. The number of hydrogen-bond acceptors (Lipinski definition) is 1. The molecule has 1 rings (SSSR count). The predicted octanol–water partition coefficient (Wildman–Crippen LogP) is 0.367. The Bertz CT molecular complexity index is 36.9. The van der Waals surface area contributed by atoms with Crippen molar-refractivity contribution in [2.24, 2.45) is 0 Å². The summed E-state index contributed by atoms with van der Waals surface area (Å²) >= 11 is 0. The summed E-state index contributed by atoms with van der Waals surface area (Å²) < 4.78 is 0. The molecule has 1 aliphatic rings. The van der Waals surface area contributed by atoms with Crippen molar-refractivity contribution >= 4 is 0 Å².